The monoisotopic (exact) mass is 258 g/mol. The second kappa shape index (κ2) is 5.48. The first kappa shape index (κ1) is 12.3. The van der Waals surface area contributed by atoms with Crippen LogP contribution < -0.4 is 0 Å². The van der Waals surface area contributed by atoms with E-state index in [4.69, 9.17) is 11.6 Å². The number of piperidine rings is 1. The number of likely N-dealkylation sites (tertiary alicyclic amines) is 1. The van der Waals surface area contributed by atoms with Crippen molar-refractivity contribution < 1.29 is 0 Å². The van der Waals surface area contributed by atoms with Crippen molar-refractivity contribution in [2.75, 3.05) is 19.0 Å². The molecule has 2 nitrogen and oxygen atoms in total. The van der Waals surface area contributed by atoms with Gasteiger partial charge in [-0.15, -0.1) is 22.9 Å². The molecule has 0 N–H and O–H groups in total. The summed E-state index contributed by atoms with van der Waals surface area (Å²) < 4.78 is 0. The maximum atomic E-state index is 5.88. The van der Waals surface area contributed by atoms with Gasteiger partial charge in [-0.2, -0.15) is 0 Å². The molecule has 0 atom stereocenters. The molecule has 0 aromatic carbocycles. The van der Waals surface area contributed by atoms with E-state index in [1.807, 2.05) is 11.3 Å². The van der Waals surface area contributed by atoms with Gasteiger partial charge in [-0.3, -0.25) is 4.90 Å². The van der Waals surface area contributed by atoms with Crippen molar-refractivity contribution in [1.82, 2.24) is 9.88 Å². The number of thiazole rings is 1. The van der Waals surface area contributed by atoms with Crippen LogP contribution in [0.4, 0.5) is 0 Å². The van der Waals surface area contributed by atoms with Gasteiger partial charge in [-0.25, -0.2) is 4.98 Å². The number of hydrogen-bond donors (Lipinski definition) is 0. The zero-order valence-electron chi connectivity index (χ0n) is 10.0. The number of halogens is 1. The van der Waals surface area contributed by atoms with Gasteiger partial charge in [0.25, 0.3) is 0 Å². The molecule has 90 valence electrons. The van der Waals surface area contributed by atoms with E-state index < -0.39 is 0 Å². The molecule has 1 aromatic heterocycles. The standard InChI is InChI=1S/C12H19ClN2S/c1-9-10(2)16-12(14-9)8-15-5-3-11(7-13)4-6-15/h11H,3-8H2,1-2H3. The van der Waals surface area contributed by atoms with Crippen LogP contribution in [0.15, 0.2) is 0 Å². The Labute approximate surface area is 107 Å². The van der Waals surface area contributed by atoms with Gasteiger partial charge in [0, 0.05) is 10.8 Å². The molecule has 1 saturated heterocycles. The predicted octanol–water partition coefficient (Wildman–Crippen LogP) is 3.21. The number of hydrogen-bond acceptors (Lipinski definition) is 3. The number of nitrogens with zero attached hydrogens (tertiary/aromatic N) is 2. The molecule has 0 amide bonds. The van der Waals surface area contributed by atoms with Crippen molar-refractivity contribution in [1.29, 1.82) is 0 Å². The molecular formula is C12H19ClN2S. The van der Waals surface area contributed by atoms with Crippen LogP contribution in [0.2, 0.25) is 0 Å². The third kappa shape index (κ3) is 2.96. The molecule has 0 radical (unpaired) electrons. The molecule has 1 aliphatic rings. The lowest BCUT2D eigenvalue weighted by Crippen LogP contribution is -2.33. The fourth-order valence-corrected chi connectivity index (χ4v) is 3.38. The lowest BCUT2D eigenvalue weighted by atomic mass is 9.99. The summed E-state index contributed by atoms with van der Waals surface area (Å²) in [6, 6.07) is 0. The third-order valence-corrected chi connectivity index (χ3v) is 4.85. The average molecular weight is 259 g/mol. The second-order valence-corrected chi connectivity index (χ2v) is 6.22. The first-order valence-corrected chi connectivity index (χ1v) is 7.25. The molecule has 2 heterocycles. The van der Waals surface area contributed by atoms with E-state index in [1.165, 1.54) is 41.5 Å². The minimum absolute atomic E-state index is 0.734. The summed E-state index contributed by atoms with van der Waals surface area (Å²) in [7, 11) is 0. The van der Waals surface area contributed by atoms with Gasteiger partial charge >= 0.3 is 0 Å². The predicted molar refractivity (Wildman–Crippen MR) is 70.3 cm³/mol. The third-order valence-electron chi connectivity index (χ3n) is 3.36. The molecule has 0 bridgehead atoms. The van der Waals surface area contributed by atoms with E-state index in [0.29, 0.717) is 0 Å². The molecule has 1 fully saturated rings. The molecule has 1 aromatic rings. The molecule has 0 saturated carbocycles. The van der Waals surface area contributed by atoms with Crippen molar-refractivity contribution in [3.63, 3.8) is 0 Å². The van der Waals surface area contributed by atoms with E-state index in [1.54, 1.807) is 0 Å². The van der Waals surface area contributed by atoms with Crippen LogP contribution in [-0.2, 0) is 6.54 Å². The van der Waals surface area contributed by atoms with Crippen LogP contribution in [0.25, 0.3) is 0 Å². The number of aryl methyl sites for hydroxylation is 2. The first-order valence-electron chi connectivity index (χ1n) is 5.90. The Morgan fingerprint density at radius 3 is 2.56 bits per heavy atom. The number of alkyl halides is 1. The maximum absolute atomic E-state index is 5.88. The zero-order chi connectivity index (χ0) is 11.5. The van der Waals surface area contributed by atoms with E-state index in [-0.39, 0.29) is 0 Å². The molecule has 0 spiro atoms. The first-order chi connectivity index (χ1) is 7.69. The van der Waals surface area contributed by atoms with E-state index in [2.05, 4.69) is 23.7 Å². The summed E-state index contributed by atoms with van der Waals surface area (Å²) in [6.07, 6.45) is 2.49. The Bertz CT molecular complexity index is 323. The topological polar surface area (TPSA) is 16.1 Å². The highest BCUT2D eigenvalue weighted by Crippen LogP contribution is 2.22. The van der Waals surface area contributed by atoms with Gasteiger partial charge in [0.05, 0.1) is 12.2 Å². The SMILES string of the molecule is Cc1nc(CN2CCC(CCl)CC2)sc1C. The van der Waals surface area contributed by atoms with Crippen molar-refractivity contribution in [3.05, 3.63) is 15.6 Å². The van der Waals surface area contributed by atoms with Crippen molar-refractivity contribution in [3.8, 4) is 0 Å². The summed E-state index contributed by atoms with van der Waals surface area (Å²) in [5, 5.41) is 1.26. The highest BCUT2D eigenvalue weighted by atomic mass is 35.5. The largest absolute Gasteiger partial charge is 0.297 e. The molecule has 0 aliphatic carbocycles. The normalized spacial score (nSPS) is 19.2. The highest BCUT2D eigenvalue weighted by Gasteiger charge is 2.19. The van der Waals surface area contributed by atoms with Gasteiger partial charge in [0.2, 0.25) is 0 Å². The molecule has 1 aliphatic heterocycles. The van der Waals surface area contributed by atoms with Gasteiger partial charge in [-0.05, 0) is 45.7 Å². The van der Waals surface area contributed by atoms with E-state index >= 15 is 0 Å². The summed E-state index contributed by atoms with van der Waals surface area (Å²) in [5.74, 6) is 1.56. The van der Waals surface area contributed by atoms with Gasteiger partial charge in [0.1, 0.15) is 5.01 Å². The summed E-state index contributed by atoms with van der Waals surface area (Å²) >= 11 is 7.72. The number of rotatable bonds is 3. The lowest BCUT2D eigenvalue weighted by molar-refractivity contribution is 0.186. The molecule has 2 rings (SSSR count). The lowest BCUT2D eigenvalue weighted by Gasteiger charge is -2.30. The van der Waals surface area contributed by atoms with Crippen molar-refractivity contribution >= 4 is 22.9 Å². The van der Waals surface area contributed by atoms with Crippen LogP contribution in [0.1, 0.15) is 28.4 Å². The van der Waals surface area contributed by atoms with Crippen LogP contribution in [0.3, 0.4) is 0 Å². The zero-order valence-corrected chi connectivity index (χ0v) is 11.6. The van der Waals surface area contributed by atoms with Crippen LogP contribution in [0.5, 0.6) is 0 Å². The molecule has 0 unspecified atom stereocenters. The fourth-order valence-electron chi connectivity index (χ4n) is 2.10. The number of aromatic nitrogens is 1. The quantitative estimate of drug-likeness (QED) is 0.774. The van der Waals surface area contributed by atoms with Crippen LogP contribution in [0, 0.1) is 19.8 Å². The minimum Gasteiger partial charge on any atom is -0.297 e. The van der Waals surface area contributed by atoms with Gasteiger partial charge < -0.3 is 0 Å². The van der Waals surface area contributed by atoms with Crippen molar-refractivity contribution in [2.45, 2.75) is 33.2 Å². The molecule has 16 heavy (non-hydrogen) atoms. The fraction of sp³-hybridized carbons (Fsp3) is 0.750. The molecular weight excluding hydrogens is 240 g/mol. The molecule has 4 heteroatoms. The highest BCUT2D eigenvalue weighted by molar-refractivity contribution is 7.11. The van der Waals surface area contributed by atoms with Crippen molar-refractivity contribution in [2.24, 2.45) is 5.92 Å². The van der Waals surface area contributed by atoms with Gasteiger partial charge in [-0.1, -0.05) is 0 Å². The van der Waals surface area contributed by atoms with E-state index in [9.17, 15) is 0 Å². The minimum atomic E-state index is 0.734. The Morgan fingerprint density at radius 2 is 2.06 bits per heavy atom. The Kier molecular flexibility index (Phi) is 4.22. The summed E-state index contributed by atoms with van der Waals surface area (Å²) in [4.78, 5) is 8.45. The summed E-state index contributed by atoms with van der Waals surface area (Å²) in [5.41, 5.74) is 1.19. The smallest absolute Gasteiger partial charge is 0.107 e. The Morgan fingerprint density at radius 1 is 1.38 bits per heavy atom. The van der Waals surface area contributed by atoms with Gasteiger partial charge in [0.15, 0.2) is 0 Å². The Balaban J connectivity index is 1.87. The second-order valence-electron chi connectivity index (χ2n) is 4.62. The van der Waals surface area contributed by atoms with Crippen LogP contribution >= 0.6 is 22.9 Å². The van der Waals surface area contributed by atoms with Crippen LogP contribution in [-0.4, -0.2) is 28.9 Å². The average Bonchev–Trinajstić information content (AvgIpc) is 2.59. The Hall–Kier alpha value is -0.120. The van der Waals surface area contributed by atoms with E-state index in [0.717, 1.165) is 18.3 Å². The summed E-state index contributed by atoms with van der Waals surface area (Å²) in [6.45, 7) is 7.61. The maximum Gasteiger partial charge on any atom is 0.107 e.